The molecule has 0 aliphatic carbocycles. The van der Waals surface area contributed by atoms with E-state index in [1.54, 1.807) is 0 Å². The van der Waals surface area contributed by atoms with E-state index in [4.69, 9.17) is 18.9 Å². The minimum atomic E-state index is -1.63. The van der Waals surface area contributed by atoms with Crippen molar-refractivity contribution in [2.45, 2.75) is 302 Å². The number of rotatable bonds is 57. The van der Waals surface area contributed by atoms with Crippen LogP contribution in [0.25, 0.3) is 0 Å². The van der Waals surface area contributed by atoms with Crippen LogP contribution < -0.4 is 5.11 Å². The van der Waals surface area contributed by atoms with E-state index in [2.05, 4.69) is 50.3 Å². The summed E-state index contributed by atoms with van der Waals surface area (Å²) in [5.41, 5.74) is 0. The maximum atomic E-state index is 12.8. The molecule has 0 heterocycles. The Morgan fingerprint density at radius 1 is 0.431 bits per heavy atom. The molecule has 0 rings (SSSR count). The van der Waals surface area contributed by atoms with Crippen LogP contribution in [-0.4, -0.2) is 82.3 Å². The van der Waals surface area contributed by atoms with Gasteiger partial charge in [-0.1, -0.05) is 269 Å². The lowest BCUT2D eigenvalue weighted by atomic mass is 10.0. The SMILES string of the molecule is CC/C=C\C/C=C\C/C=C\CCCCCC(=O)OC(COC(=O)CCCCCCCCCCCCCCCCCCCCCCCCCCCCCCCCCCCC)COC(OCC[N+](C)(C)C)C(=O)[O-]. The molecule has 0 bridgehead atoms. The molecule has 0 aliphatic rings. The molecule has 0 aromatic heterocycles. The molecule has 0 saturated carbocycles. The van der Waals surface area contributed by atoms with Gasteiger partial charge in [0.25, 0.3) is 0 Å². The zero-order valence-electron chi connectivity index (χ0n) is 48.1. The van der Waals surface area contributed by atoms with Crippen LogP contribution in [0.2, 0.25) is 0 Å². The molecule has 0 spiro atoms. The lowest BCUT2D eigenvalue weighted by Gasteiger charge is -2.26. The van der Waals surface area contributed by atoms with Gasteiger partial charge in [0.05, 0.1) is 40.3 Å². The number of likely N-dealkylation sites (N-methyl/N-ethyl adjacent to an activating group) is 1. The number of hydrogen-bond donors (Lipinski definition) is 0. The van der Waals surface area contributed by atoms with E-state index < -0.39 is 24.3 Å². The smallest absolute Gasteiger partial charge is 0.306 e. The van der Waals surface area contributed by atoms with Crippen molar-refractivity contribution in [2.24, 2.45) is 0 Å². The third kappa shape index (κ3) is 55.3. The monoisotopic (exact) mass is 1020 g/mol. The molecule has 0 amide bonds. The number of carboxylic acid groups (broad SMARTS) is 1. The number of allylic oxidation sites excluding steroid dienone is 6. The maximum Gasteiger partial charge on any atom is 0.306 e. The zero-order valence-corrected chi connectivity index (χ0v) is 48.1. The predicted molar refractivity (Wildman–Crippen MR) is 302 cm³/mol. The van der Waals surface area contributed by atoms with Crippen LogP contribution in [0.5, 0.6) is 0 Å². The topological polar surface area (TPSA) is 111 Å². The number of quaternary nitrogens is 1. The number of ether oxygens (including phenoxy) is 4. The normalized spacial score (nSPS) is 13.0. The molecule has 9 nitrogen and oxygen atoms in total. The molecule has 2 unspecified atom stereocenters. The molecule has 72 heavy (non-hydrogen) atoms. The Morgan fingerprint density at radius 3 is 1.18 bits per heavy atom. The van der Waals surface area contributed by atoms with E-state index in [-0.39, 0.29) is 38.6 Å². The average Bonchev–Trinajstić information content (AvgIpc) is 3.35. The van der Waals surface area contributed by atoms with Crippen LogP contribution >= 0.6 is 0 Å². The molecule has 0 saturated heterocycles. The Labute approximate surface area is 445 Å². The van der Waals surface area contributed by atoms with Gasteiger partial charge >= 0.3 is 11.9 Å². The van der Waals surface area contributed by atoms with Crippen LogP contribution in [0.4, 0.5) is 0 Å². The number of carbonyl (C=O) groups excluding carboxylic acids is 3. The van der Waals surface area contributed by atoms with Gasteiger partial charge < -0.3 is 33.3 Å². The van der Waals surface area contributed by atoms with Gasteiger partial charge in [0, 0.05) is 12.8 Å². The van der Waals surface area contributed by atoms with Gasteiger partial charge in [0.1, 0.15) is 13.2 Å². The summed E-state index contributed by atoms with van der Waals surface area (Å²) in [4.78, 5) is 37.2. The van der Waals surface area contributed by atoms with E-state index >= 15 is 0 Å². The summed E-state index contributed by atoms with van der Waals surface area (Å²) >= 11 is 0. The lowest BCUT2D eigenvalue weighted by molar-refractivity contribution is -0.870. The number of carbonyl (C=O) groups is 3. The molecule has 0 aromatic carbocycles. The number of nitrogens with zero attached hydrogens (tertiary/aromatic N) is 1. The predicted octanol–water partition coefficient (Wildman–Crippen LogP) is 16.7. The van der Waals surface area contributed by atoms with Gasteiger partial charge in [-0.15, -0.1) is 0 Å². The first-order valence-electron chi connectivity index (χ1n) is 30.6. The van der Waals surface area contributed by atoms with Crippen LogP contribution in [0.15, 0.2) is 36.5 Å². The first kappa shape index (κ1) is 69.5. The molecule has 0 fully saturated rings. The standard InChI is InChI=1S/C63H117NO8/c1-6-8-10-12-14-16-18-20-21-22-23-24-25-26-27-28-29-30-31-32-33-34-35-36-37-38-39-40-42-43-45-47-49-51-53-60(65)70-57-59(58-71-63(62(67)68)69-56-55-64(3,4)5)72-61(66)54-52-50-48-46-44-41-19-17-15-13-11-9-7-2/h9,11,15,17,41,44,59,63H,6-8,10,12-14,16,18-40,42-43,45-58H2,1-5H3/b11-9-,17-15-,44-41-. The van der Waals surface area contributed by atoms with Crippen molar-refractivity contribution < 1.29 is 42.9 Å². The Balaban J connectivity index is 3.97. The zero-order chi connectivity index (χ0) is 52.7. The quantitative estimate of drug-likeness (QED) is 0.0195. The number of carboxylic acids is 1. The molecular formula is C63H117NO8. The van der Waals surface area contributed by atoms with Crippen LogP contribution in [0.1, 0.15) is 290 Å². The lowest BCUT2D eigenvalue weighted by Crippen LogP contribution is -2.44. The summed E-state index contributed by atoms with van der Waals surface area (Å²) in [6.45, 7) is 4.63. The van der Waals surface area contributed by atoms with E-state index in [1.807, 2.05) is 21.1 Å². The number of unbranched alkanes of at least 4 members (excludes halogenated alkanes) is 36. The van der Waals surface area contributed by atoms with Gasteiger partial charge in [0.2, 0.25) is 0 Å². The van der Waals surface area contributed by atoms with Crippen molar-refractivity contribution in [3.63, 3.8) is 0 Å². The fourth-order valence-electron chi connectivity index (χ4n) is 8.97. The van der Waals surface area contributed by atoms with Crippen LogP contribution in [0, 0.1) is 0 Å². The maximum absolute atomic E-state index is 12.8. The van der Waals surface area contributed by atoms with Crippen LogP contribution in [0.3, 0.4) is 0 Å². The van der Waals surface area contributed by atoms with Gasteiger partial charge in [-0.2, -0.15) is 0 Å². The first-order valence-corrected chi connectivity index (χ1v) is 30.6. The van der Waals surface area contributed by atoms with Gasteiger partial charge in [0.15, 0.2) is 12.4 Å². The van der Waals surface area contributed by atoms with Crippen molar-refractivity contribution in [1.29, 1.82) is 0 Å². The summed E-state index contributed by atoms with van der Waals surface area (Å²) in [5.74, 6) is -2.31. The highest BCUT2D eigenvalue weighted by Gasteiger charge is 2.22. The van der Waals surface area contributed by atoms with E-state index in [0.29, 0.717) is 17.4 Å². The molecule has 0 radical (unpaired) electrons. The Kier molecular flexibility index (Phi) is 52.9. The molecule has 0 aromatic rings. The molecule has 0 aliphatic heterocycles. The summed E-state index contributed by atoms with van der Waals surface area (Å²) < 4.78 is 22.6. The van der Waals surface area contributed by atoms with Crippen molar-refractivity contribution in [2.75, 3.05) is 47.5 Å². The summed E-state index contributed by atoms with van der Waals surface area (Å²) in [6, 6.07) is 0. The Bertz CT molecular complexity index is 1270. The fraction of sp³-hybridized carbons (Fsp3) is 0.857. The van der Waals surface area contributed by atoms with E-state index in [0.717, 1.165) is 57.8 Å². The molecule has 422 valence electrons. The number of aliphatic carboxylic acids is 1. The molecule has 2 atom stereocenters. The largest absolute Gasteiger partial charge is 0.545 e. The van der Waals surface area contributed by atoms with Gasteiger partial charge in [-0.3, -0.25) is 9.59 Å². The highest BCUT2D eigenvalue weighted by Crippen LogP contribution is 2.18. The second kappa shape index (κ2) is 54.8. The third-order valence-electron chi connectivity index (χ3n) is 13.7. The highest BCUT2D eigenvalue weighted by molar-refractivity contribution is 5.70. The summed E-state index contributed by atoms with van der Waals surface area (Å²) in [6.07, 6.45) is 63.9. The van der Waals surface area contributed by atoms with Crippen molar-refractivity contribution in [3.8, 4) is 0 Å². The minimum absolute atomic E-state index is 0.143. The third-order valence-corrected chi connectivity index (χ3v) is 13.7. The van der Waals surface area contributed by atoms with Gasteiger partial charge in [-0.25, -0.2) is 0 Å². The van der Waals surface area contributed by atoms with E-state index in [9.17, 15) is 19.5 Å². The van der Waals surface area contributed by atoms with E-state index in [1.165, 1.54) is 199 Å². The molecule has 9 heteroatoms. The molecular weight excluding hydrogens is 899 g/mol. The summed E-state index contributed by atoms with van der Waals surface area (Å²) in [5, 5.41) is 11.7. The summed E-state index contributed by atoms with van der Waals surface area (Å²) in [7, 11) is 5.91. The van der Waals surface area contributed by atoms with Crippen molar-refractivity contribution >= 4 is 17.9 Å². The van der Waals surface area contributed by atoms with Crippen molar-refractivity contribution in [3.05, 3.63) is 36.5 Å². The molecule has 0 N–H and O–H groups in total. The minimum Gasteiger partial charge on any atom is -0.545 e. The fourth-order valence-corrected chi connectivity index (χ4v) is 8.97. The average molecular weight is 1020 g/mol. The Morgan fingerprint density at radius 2 is 0.792 bits per heavy atom. The number of esters is 2. The van der Waals surface area contributed by atoms with Crippen molar-refractivity contribution in [1.82, 2.24) is 0 Å². The second-order valence-electron chi connectivity index (χ2n) is 22.0. The van der Waals surface area contributed by atoms with Gasteiger partial charge in [-0.05, 0) is 44.9 Å². The number of hydrogen-bond acceptors (Lipinski definition) is 8. The second-order valence-corrected chi connectivity index (χ2v) is 22.0. The first-order chi connectivity index (χ1) is 35.1. The highest BCUT2D eigenvalue weighted by atomic mass is 16.7. The Hall–Kier alpha value is -2.49. The van der Waals surface area contributed by atoms with Crippen LogP contribution in [-0.2, 0) is 33.3 Å².